The van der Waals surface area contributed by atoms with Crippen LogP contribution < -0.4 is 5.32 Å². The number of rotatable bonds is 5. The number of benzene rings is 1. The number of nitrogens with one attached hydrogen (secondary N) is 1. The minimum Gasteiger partial charge on any atom is -0.326 e. The largest absolute Gasteiger partial charge is 0.326 e. The van der Waals surface area contributed by atoms with Crippen molar-refractivity contribution in [3.63, 3.8) is 0 Å². The fraction of sp³-hybridized carbons (Fsp3) is 0.550. The Kier molecular flexibility index (Phi) is 6.14. The number of hydrogen-bond donors (Lipinski definition) is 1. The number of amides is 1. The second-order valence-corrected chi connectivity index (χ2v) is 9.22. The first kappa shape index (κ1) is 19.1. The maximum atomic E-state index is 13.1. The summed E-state index contributed by atoms with van der Waals surface area (Å²) >= 11 is 0. The average Bonchev–Trinajstić information content (AvgIpc) is 2.94. The van der Waals surface area contributed by atoms with Crippen LogP contribution in [0.2, 0.25) is 0 Å². The van der Waals surface area contributed by atoms with Crippen molar-refractivity contribution in [1.29, 1.82) is 0 Å². The fourth-order valence-corrected chi connectivity index (χ4v) is 5.46. The molecule has 1 fully saturated rings. The van der Waals surface area contributed by atoms with E-state index in [-0.39, 0.29) is 5.91 Å². The summed E-state index contributed by atoms with van der Waals surface area (Å²) in [6.07, 6.45) is 10.6. The van der Waals surface area contributed by atoms with Gasteiger partial charge in [-0.1, -0.05) is 31.1 Å². The molecular formula is C20H28N2O3S. The van der Waals surface area contributed by atoms with Crippen molar-refractivity contribution < 1.29 is 13.2 Å². The van der Waals surface area contributed by atoms with Gasteiger partial charge in [0, 0.05) is 25.2 Å². The summed E-state index contributed by atoms with van der Waals surface area (Å²) in [6, 6.07) is 5.16. The summed E-state index contributed by atoms with van der Waals surface area (Å²) in [6.45, 7) is 2.96. The van der Waals surface area contributed by atoms with Crippen molar-refractivity contribution >= 4 is 21.6 Å². The third-order valence-electron chi connectivity index (χ3n) is 5.21. The van der Waals surface area contributed by atoms with Gasteiger partial charge in [0.25, 0.3) is 0 Å². The fourth-order valence-electron chi connectivity index (χ4n) is 3.69. The van der Waals surface area contributed by atoms with E-state index in [1.807, 2.05) is 0 Å². The third-order valence-corrected chi connectivity index (χ3v) is 7.26. The van der Waals surface area contributed by atoms with E-state index in [0.717, 1.165) is 38.5 Å². The smallest absolute Gasteiger partial charge is 0.243 e. The highest BCUT2D eigenvalue weighted by atomic mass is 32.2. The van der Waals surface area contributed by atoms with Crippen LogP contribution in [-0.4, -0.2) is 31.7 Å². The SMILES string of the molecule is Cc1ccc(NC(=O)CC2C=CCC2)cc1S(=O)(=O)N1CCCCCC1. The Morgan fingerprint density at radius 1 is 1.19 bits per heavy atom. The first-order valence-corrected chi connectivity index (χ1v) is 11.0. The van der Waals surface area contributed by atoms with E-state index >= 15 is 0 Å². The maximum Gasteiger partial charge on any atom is 0.243 e. The number of allylic oxidation sites excluding steroid dienone is 2. The Bertz CT molecular complexity index is 778. The van der Waals surface area contributed by atoms with Gasteiger partial charge in [-0.3, -0.25) is 4.79 Å². The van der Waals surface area contributed by atoms with Gasteiger partial charge in [-0.15, -0.1) is 0 Å². The Balaban J connectivity index is 1.76. The predicted molar refractivity (Wildman–Crippen MR) is 104 cm³/mol. The molecule has 142 valence electrons. The first-order valence-electron chi connectivity index (χ1n) is 9.54. The van der Waals surface area contributed by atoms with E-state index in [1.165, 1.54) is 0 Å². The van der Waals surface area contributed by atoms with Crippen molar-refractivity contribution in [2.24, 2.45) is 5.92 Å². The van der Waals surface area contributed by atoms with Crippen LogP contribution in [0.3, 0.4) is 0 Å². The minimum absolute atomic E-state index is 0.0662. The number of anilines is 1. The van der Waals surface area contributed by atoms with Crippen LogP contribution in [0.1, 0.15) is 50.5 Å². The van der Waals surface area contributed by atoms with Gasteiger partial charge in [-0.2, -0.15) is 4.31 Å². The molecule has 1 atom stereocenters. The highest BCUT2D eigenvalue weighted by molar-refractivity contribution is 7.89. The number of carbonyl (C=O) groups excluding carboxylic acids is 1. The molecule has 1 aromatic rings. The van der Waals surface area contributed by atoms with E-state index < -0.39 is 10.0 Å². The van der Waals surface area contributed by atoms with Gasteiger partial charge in [0.2, 0.25) is 15.9 Å². The highest BCUT2D eigenvalue weighted by Crippen LogP contribution is 2.26. The number of hydrogen-bond acceptors (Lipinski definition) is 3. The maximum absolute atomic E-state index is 13.1. The molecule has 1 aliphatic carbocycles. The van der Waals surface area contributed by atoms with Crippen LogP contribution in [0.25, 0.3) is 0 Å². The lowest BCUT2D eigenvalue weighted by atomic mass is 10.1. The lowest BCUT2D eigenvalue weighted by molar-refractivity contribution is -0.116. The van der Waals surface area contributed by atoms with Crippen molar-refractivity contribution in [3.05, 3.63) is 35.9 Å². The summed E-state index contributed by atoms with van der Waals surface area (Å²) in [5.41, 5.74) is 1.27. The Hall–Kier alpha value is -1.66. The molecule has 0 bridgehead atoms. The molecule has 1 heterocycles. The molecule has 1 N–H and O–H groups in total. The van der Waals surface area contributed by atoms with E-state index in [9.17, 15) is 13.2 Å². The Morgan fingerprint density at radius 2 is 1.92 bits per heavy atom. The van der Waals surface area contributed by atoms with E-state index in [4.69, 9.17) is 0 Å². The molecule has 1 amide bonds. The molecule has 3 rings (SSSR count). The van der Waals surface area contributed by atoms with E-state index in [1.54, 1.807) is 29.4 Å². The zero-order valence-electron chi connectivity index (χ0n) is 15.4. The molecule has 0 aromatic heterocycles. The van der Waals surface area contributed by atoms with E-state index in [0.29, 0.717) is 41.6 Å². The second kappa shape index (κ2) is 8.35. The van der Waals surface area contributed by atoms with Crippen LogP contribution in [0.5, 0.6) is 0 Å². The number of sulfonamides is 1. The normalized spacial score (nSPS) is 21.5. The zero-order valence-corrected chi connectivity index (χ0v) is 16.2. The molecule has 0 saturated carbocycles. The first-order chi connectivity index (χ1) is 12.5. The predicted octanol–water partition coefficient (Wildman–Crippen LogP) is 3.85. The van der Waals surface area contributed by atoms with Crippen LogP contribution >= 0.6 is 0 Å². The molecular weight excluding hydrogens is 348 g/mol. The van der Waals surface area contributed by atoms with Gasteiger partial charge in [-0.25, -0.2) is 8.42 Å². The van der Waals surface area contributed by atoms with Crippen molar-refractivity contribution in [2.45, 2.75) is 56.8 Å². The van der Waals surface area contributed by atoms with Gasteiger partial charge >= 0.3 is 0 Å². The number of aryl methyl sites for hydroxylation is 1. The molecule has 5 nitrogen and oxygen atoms in total. The summed E-state index contributed by atoms with van der Waals surface area (Å²) < 4.78 is 27.8. The molecule has 1 aromatic carbocycles. The van der Waals surface area contributed by atoms with Crippen molar-refractivity contribution in [2.75, 3.05) is 18.4 Å². The average molecular weight is 377 g/mol. The molecule has 0 spiro atoms. The van der Waals surface area contributed by atoms with Crippen LogP contribution in [-0.2, 0) is 14.8 Å². The third kappa shape index (κ3) is 4.54. The quantitative estimate of drug-likeness (QED) is 0.794. The molecule has 0 radical (unpaired) electrons. The lowest BCUT2D eigenvalue weighted by Crippen LogP contribution is -2.32. The topological polar surface area (TPSA) is 66.5 Å². The molecule has 1 aliphatic heterocycles. The zero-order chi connectivity index (χ0) is 18.6. The summed E-state index contributed by atoms with van der Waals surface area (Å²) in [4.78, 5) is 12.6. The van der Waals surface area contributed by atoms with Crippen LogP contribution in [0.4, 0.5) is 5.69 Å². The summed E-state index contributed by atoms with van der Waals surface area (Å²) in [7, 11) is -3.53. The highest BCUT2D eigenvalue weighted by Gasteiger charge is 2.27. The number of nitrogens with zero attached hydrogens (tertiary/aromatic N) is 1. The van der Waals surface area contributed by atoms with Crippen LogP contribution in [0.15, 0.2) is 35.2 Å². The summed E-state index contributed by atoms with van der Waals surface area (Å²) in [5.74, 6) is 0.226. The van der Waals surface area contributed by atoms with Crippen LogP contribution in [0, 0.1) is 12.8 Å². The Labute approximate surface area is 156 Å². The second-order valence-electron chi connectivity index (χ2n) is 7.32. The standard InChI is InChI=1S/C20H28N2O3S/c1-16-10-11-18(21-20(23)14-17-8-4-5-9-17)15-19(16)26(24,25)22-12-6-2-3-7-13-22/h4,8,10-11,15,17H,2-3,5-7,9,12-14H2,1H3,(H,21,23). The van der Waals surface area contributed by atoms with Gasteiger partial charge in [0.15, 0.2) is 0 Å². The molecule has 2 aliphatic rings. The van der Waals surface area contributed by atoms with Crippen molar-refractivity contribution in [1.82, 2.24) is 4.31 Å². The molecule has 6 heteroatoms. The summed E-state index contributed by atoms with van der Waals surface area (Å²) in [5, 5.41) is 2.87. The van der Waals surface area contributed by atoms with Gasteiger partial charge in [0.1, 0.15) is 0 Å². The molecule has 26 heavy (non-hydrogen) atoms. The number of carbonyl (C=O) groups is 1. The van der Waals surface area contributed by atoms with Gasteiger partial charge < -0.3 is 5.32 Å². The van der Waals surface area contributed by atoms with Gasteiger partial charge in [-0.05, 0) is 56.2 Å². The van der Waals surface area contributed by atoms with Crippen molar-refractivity contribution in [3.8, 4) is 0 Å². The lowest BCUT2D eigenvalue weighted by Gasteiger charge is -2.21. The molecule has 1 unspecified atom stereocenters. The minimum atomic E-state index is -3.53. The monoisotopic (exact) mass is 376 g/mol. The van der Waals surface area contributed by atoms with E-state index in [2.05, 4.69) is 17.5 Å². The van der Waals surface area contributed by atoms with Gasteiger partial charge in [0.05, 0.1) is 4.90 Å². The Morgan fingerprint density at radius 3 is 2.58 bits per heavy atom. The molecule has 1 saturated heterocycles.